The summed E-state index contributed by atoms with van der Waals surface area (Å²) in [6.45, 7) is 0.298. The van der Waals surface area contributed by atoms with Gasteiger partial charge in [0, 0.05) is 18.7 Å². The summed E-state index contributed by atoms with van der Waals surface area (Å²) >= 11 is 0. The van der Waals surface area contributed by atoms with Crippen LogP contribution in [0.2, 0.25) is 0 Å². The normalized spacial score (nSPS) is 41.8. The molecular formula is C11H20B2O9P2. The highest BCUT2D eigenvalue weighted by Crippen LogP contribution is 2.54. The lowest BCUT2D eigenvalue weighted by molar-refractivity contribution is -0.00165. The molecule has 0 aromatic rings. The van der Waals surface area contributed by atoms with E-state index >= 15 is 0 Å². The Kier molecular flexibility index (Phi) is 6.79. The van der Waals surface area contributed by atoms with Crippen LogP contribution in [0.3, 0.4) is 0 Å². The van der Waals surface area contributed by atoms with Gasteiger partial charge in [-0.25, -0.2) is 0 Å². The lowest BCUT2D eigenvalue weighted by Crippen LogP contribution is -2.30. The van der Waals surface area contributed by atoms with Gasteiger partial charge in [0.2, 0.25) is 0 Å². The molecule has 0 saturated carbocycles. The second kappa shape index (κ2) is 7.91. The Balaban J connectivity index is 1.95. The van der Waals surface area contributed by atoms with Gasteiger partial charge in [0.25, 0.3) is 0 Å². The van der Waals surface area contributed by atoms with Gasteiger partial charge >= 0.3 is 15.2 Å². The first-order chi connectivity index (χ1) is 11.0. The highest BCUT2D eigenvalue weighted by Gasteiger charge is 2.47. The molecule has 0 aliphatic carbocycles. The van der Waals surface area contributed by atoms with Crippen LogP contribution in [0.15, 0.2) is 0 Å². The zero-order valence-corrected chi connectivity index (χ0v) is 14.9. The van der Waals surface area contributed by atoms with Crippen LogP contribution in [-0.2, 0) is 27.7 Å². The van der Waals surface area contributed by atoms with E-state index in [-0.39, 0.29) is 26.1 Å². The van der Waals surface area contributed by atoms with Crippen LogP contribution in [-0.4, -0.2) is 86.4 Å². The summed E-state index contributed by atoms with van der Waals surface area (Å²) in [5, 5.41) is 9.71. The van der Waals surface area contributed by atoms with Crippen LogP contribution < -0.4 is 0 Å². The van der Waals surface area contributed by atoms with Gasteiger partial charge in [-0.05, 0) is 12.8 Å². The quantitative estimate of drug-likeness (QED) is 0.388. The average molecular weight is 380 g/mol. The van der Waals surface area contributed by atoms with Crippen LogP contribution in [0.1, 0.15) is 12.8 Å². The third-order valence-electron chi connectivity index (χ3n) is 3.83. The second-order valence-corrected chi connectivity index (χ2v) is 9.90. The van der Waals surface area contributed by atoms with E-state index in [9.17, 15) is 19.1 Å². The largest absolute Gasteiger partial charge is 0.390 e. The molecule has 2 aliphatic heterocycles. The first-order valence-corrected chi connectivity index (χ1v) is 11.1. The highest BCUT2D eigenvalue weighted by atomic mass is 31.2. The van der Waals surface area contributed by atoms with Crippen molar-refractivity contribution in [2.75, 3.05) is 19.9 Å². The lowest BCUT2D eigenvalue weighted by Gasteiger charge is -2.25. The second-order valence-electron chi connectivity index (χ2n) is 5.99. The van der Waals surface area contributed by atoms with Crippen molar-refractivity contribution >= 4 is 30.9 Å². The molecule has 2 saturated heterocycles. The van der Waals surface area contributed by atoms with Crippen molar-refractivity contribution in [3.63, 3.8) is 0 Å². The molecule has 0 spiro atoms. The molecule has 2 aliphatic rings. The number of aliphatic hydroxyl groups excluding tert-OH is 1. The van der Waals surface area contributed by atoms with Gasteiger partial charge in [-0.2, -0.15) is 0 Å². The summed E-state index contributed by atoms with van der Waals surface area (Å²) in [7, 11) is 3.19. The molecule has 0 bridgehead atoms. The van der Waals surface area contributed by atoms with Gasteiger partial charge < -0.3 is 33.4 Å². The fourth-order valence-electron chi connectivity index (χ4n) is 2.65. The van der Waals surface area contributed by atoms with Gasteiger partial charge in [-0.3, -0.25) is 9.13 Å². The van der Waals surface area contributed by atoms with E-state index < -0.39 is 51.2 Å². The molecule has 8 atom stereocenters. The van der Waals surface area contributed by atoms with Crippen molar-refractivity contribution in [3.8, 4) is 0 Å². The topological polar surface area (TPSA) is 132 Å². The first kappa shape index (κ1) is 20.6. The van der Waals surface area contributed by atoms with Gasteiger partial charge in [0.1, 0.15) is 21.8 Å². The molecule has 13 heteroatoms. The van der Waals surface area contributed by atoms with Crippen molar-refractivity contribution < 1.29 is 42.5 Å². The zero-order chi connectivity index (χ0) is 18.1. The SMILES string of the molecule is [B]C1CC(O)C(COP(=O)(O)C2CC([B])OC2COP(C)(=O)O)O1. The molecule has 0 amide bonds. The minimum absolute atomic E-state index is 0.0227. The maximum atomic E-state index is 12.5. The predicted octanol–water partition coefficient (Wildman–Crippen LogP) is -0.683. The Morgan fingerprint density at radius 1 is 1.04 bits per heavy atom. The third kappa shape index (κ3) is 5.66. The molecule has 2 rings (SSSR count). The van der Waals surface area contributed by atoms with E-state index in [1.165, 1.54) is 0 Å². The van der Waals surface area contributed by atoms with Crippen molar-refractivity contribution in [3.05, 3.63) is 0 Å². The van der Waals surface area contributed by atoms with E-state index in [1.54, 1.807) is 0 Å². The van der Waals surface area contributed by atoms with E-state index in [4.69, 9.17) is 39.1 Å². The smallest absolute Gasteiger partial charge is 0.334 e. The summed E-state index contributed by atoms with van der Waals surface area (Å²) in [5.74, 6) is 0. The van der Waals surface area contributed by atoms with Crippen molar-refractivity contribution in [2.45, 2.75) is 48.8 Å². The summed E-state index contributed by atoms with van der Waals surface area (Å²) in [6.07, 6.45) is -2.43. The number of rotatable bonds is 7. The summed E-state index contributed by atoms with van der Waals surface area (Å²) < 4.78 is 44.0. The number of hydrogen-bond donors (Lipinski definition) is 3. The molecule has 24 heavy (non-hydrogen) atoms. The fraction of sp³-hybridized carbons (Fsp3) is 1.00. The van der Waals surface area contributed by atoms with Crippen molar-refractivity contribution in [2.24, 2.45) is 0 Å². The number of ether oxygens (including phenoxy) is 2. The summed E-state index contributed by atoms with van der Waals surface area (Å²) in [5.41, 5.74) is -1.02. The van der Waals surface area contributed by atoms with Crippen LogP contribution in [0, 0.1) is 0 Å². The first-order valence-electron chi connectivity index (χ1n) is 7.40. The Morgan fingerprint density at radius 2 is 1.58 bits per heavy atom. The average Bonchev–Trinajstić information content (AvgIpc) is 2.96. The number of hydrogen-bond acceptors (Lipinski definition) is 7. The van der Waals surface area contributed by atoms with Crippen molar-refractivity contribution in [1.82, 2.24) is 0 Å². The standard InChI is InChI=1S/C11H20B2O9P2/c1-23(15,16)19-5-8-9(3-11(13)22-8)24(17,18)20-4-7-6(14)2-10(12)21-7/h6-11,14H,2-5H2,1H3,(H,15,16)(H,17,18). The highest BCUT2D eigenvalue weighted by molar-refractivity contribution is 7.53. The van der Waals surface area contributed by atoms with Gasteiger partial charge in [0.05, 0.1) is 31.1 Å². The lowest BCUT2D eigenvalue weighted by atomic mass is 9.96. The van der Waals surface area contributed by atoms with Crippen LogP contribution in [0.5, 0.6) is 0 Å². The van der Waals surface area contributed by atoms with Gasteiger partial charge in [-0.1, -0.05) is 0 Å². The maximum Gasteiger partial charge on any atom is 0.334 e. The van der Waals surface area contributed by atoms with Gasteiger partial charge in [-0.15, -0.1) is 0 Å². The Morgan fingerprint density at radius 3 is 2.12 bits per heavy atom. The monoisotopic (exact) mass is 380 g/mol. The Labute approximate surface area is 142 Å². The molecule has 0 aromatic carbocycles. The van der Waals surface area contributed by atoms with E-state index in [0.29, 0.717) is 0 Å². The summed E-state index contributed by atoms with van der Waals surface area (Å²) in [4.78, 5) is 19.3. The fourth-order valence-corrected chi connectivity index (χ4v) is 4.68. The van der Waals surface area contributed by atoms with Crippen LogP contribution >= 0.6 is 15.2 Å². The summed E-state index contributed by atoms with van der Waals surface area (Å²) in [6, 6.07) is -1.47. The molecule has 3 N–H and O–H groups in total. The maximum absolute atomic E-state index is 12.5. The van der Waals surface area contributed by atoms with E-state index in [2.05, 4.69) is 0 Å². The molecule has 9 nitrogen and oxygen atoms in total. The van der Waals surface area contributed by atoms with Crippen molar-refractivity contribution in [1.29, 1.82) is 0 Å². The molecule has 134 valence electrons. The van der Waals surface area contributed by atoms with E-state index in [0.717, 1.165) is 6.66 Å². The predicted molar refractivity (Wildman–Crippen MR) is 85.3 cm³/mol. The van der Waals surface area contributed by atoms with E-state index in [1.807, 2.05) is 0 Å². The Bertz CT molecular complexity index is 530. The zero-order valence-electron chi connectivity index (χ0n) is 13.1. The van der Waals surface area contributed by atoms with Crippen LogP contribution in [0.4, 0.5) is 0 Å². The molecule has 4 radical (unpaired) electrons. The molecular weight excluding hydrogens is 360 g/mol. The number of aliphatic hydroxyl groups is 1. The van der Waals surface area contributed by atoms with Gasteiger partial charge in [0.15, 0.2) is 0 Å². The third-order valence-corrected chi connectivity index (χ3v) is 6.36. The molecule has 2 heterocycles. The Hall–Kier alpha value is 0.310. The minimum Gasteiger partial charge on any atom is -0.390 e. The molecule has 2 fully saturated rings. The van der Waals surface area contributed by atoms with Crippen LogP contribution in [0.25, 0.3) is 0 Å². The molecule has 8 unspecified atom stereocenters. The molecule has 0 aromatic heterocycles. The minimum atomic E-state index is -4.20.